The first-order valence-electron chi connectivity index (χ1n) is 5.03. The lowest BCUT2D eigenvalue weighted by Gasteiger charge is -2.09. The quantitative estimate of drug-likeness (QED) is 0.652. The number of nitrogens with two attached hydrogens (primary N) is 1. The topological polar surface area (TPSA) is 74.7 Å². The number of Topliss-reactive ketones (excluding diaryl/α,β-unsaturated/α-hetero) is 1. The Morgan fingerprint density at radius 3 is 2.53 bits per heavy atom. The first-order valence-corrected chi connectivity index (χ1v) is 5.03. The highest BCUT2D eigenvalue weighted by atomic mass is 16.5. The van der Waals surface area contributed by atoms with E-state index < -0.39 is 0 Å². The van der Waals surface area contributed by atoms with E-state index >= 15 is 0 Å². The van der Waals surface area contributed by atoms with Gasteiger partial charge < -0.3 is 19.6 Å². The summed E-state index contributed by atoms with van der Waals surface area (Å²) in [6.07, 6.45) is 0. The van der Waals surface area contributed by atoms with Crippen molar-refractivity contribution in [2.24, 2.45) is 0 Å². The second-order valence-electron chi connectivity index (χ2n) is 3.60. The molecule has 0 saturated carbocycles. The Kier molecular flexibility index (Phi) is 2.67. The number of nitrogen functional groups attached to an aromatic ring is 1. The number of ketones is 1. The zero-order valence-corrected chi connectivity index (χ0v) is 9.87. The smallest absolute Gasteiger partial charge is 0.194 e. The number of rotatable bonds is 3. The molecule has 5 nitrogen and oxygen atoms in total. The summed E-state index contributed by atoms with van der Waals surface area (Å²) in [5.74, 6) is 1.03. The molecule has 0 saturated heterocycles. The molecule has 0 bridgehead atoms. The third-order valence-corrected chi connectivity index (χ3v) is 2.55. The van der Waals surface area contributed by atoms with Gasteiger partial charge in [-0.3, -0.25) is 4.79 Å². The Bertz CT molecular complexity index is 586. The van der Waals surface area contributed by atoms with Crippen LogP contribution in [0.25, 0.3) is 11.0 Å². The van der Waals surface area contributed by atoms with E-state index in [1.165, 1.54) is 21.1 Å². The molecule has 0 fully saturated rings. The molecule has 1 aromatic heterocycles. The van der Waals surface area contributed by atoms with Crippen LogP contribution in [0.4, 0.5) is 5.69 Å². The minimum atomic E-state index is -0.152. The van der Waals surface area contributed by atoms with Gasteiger partial charge in [0.2, 0.25) is 0 Å². The second kappa shape index (κ2) is 4.01. The van der Waals surface area contributed by atoms with Gasteiger partial charge in [-0.25, -0.2) is 0 Å². The molecule has 0 radical (unpaired) electrons. The molecule has 0 amide bonds. The van der Waals surface area contributed by atoms with Crippen LogP contribution in [0.5, 0.6) is 11.5 Å². The largest absolute Gasteiger partial charge is 0.494 e. The van der Waals surface area contributed by atoms with E-state index in [0.29, 0.717) is 28.2 Å². The summed E-state index contributed by atoms with van der Waals surface area (Å²) >= 11 is 0. The van der Waals surface area contributed by atoms with E-state index in [1.54, 1.807) is 12.1 Å². The first-order chi connectivity index (χ1) is 8.08. The molecule has 1 aromatic carbocycles. The fourth-order valence-corrected chi connectivity index (χ4v) is 1.71. The van der Waals surface area contributed by atoms with Crippen molar-refractivity contribution in [3.63, 3.8) is 0 Å². The van der Waals surface area contributed by atoms with E-state index in [1.807, 2.05) is 0 Å². The molecular weight excluding hydrogens is 222 g/mol. The van der Waals surface area contributed by atoms with Gasteiger partial charge in [0.05, 0.1) is 19.6 Å². The molecule has 0 unspecified atom stereocenters. The van der Waals surface area contributed by atoms with Gasteiger partial charge in [0, 0.05) is 13.0 Å². The molecule has 5 heteroatoms. The van der Waals surface area contributed by atoms with Gasteiger partial charge in [0.25, 0.3) is 0 Å². The van der Waals surface area contributed by atoms with Crippen molar-refractivity contribution in [2.45, 2.75) is 6.92 Å². The monoisotopic (exact) mass is 235 g/mol. The van der Waals surface area contributed by atoms with Crippen LogP contribution >= 0.6 is 0 Å². The fraction of sp³-hybridized carbons (Fsp3) is 0.250. The molecule has 0 atom stereocenters. The summed E-state index contributed by atoms with van der Waals surface area (Å²) in [5.41, 5.74) is 6.78. The maximum atomic E-state index is 11.3. The Morgan fingerprint density at radius 2 is 2.00 bits per heavy atom. The molecule has 2 rings (SSSR count). The fourth-order valence-electron chi connectivity index (χ4n) is 1.71. The van der Waals surface area contributed by atoms with E-state index in [-0.39, 0.29) is 11.5 Å². The molecule has 17 heavy (non-hydrogen) atoms. The summed E-state index contributed by atoms with van der Waals surface area (Å²) in [4.78, 5) is 11.3. The molecule has 0 spiro atoms. The predicted octanol–water partition coefficient (Wildman–Crippen LogP) is 2.23. The molecule has 0 aliphatic heterocycles. The van der Waals surface area contributed by atoms with Crippen LogP contribution in [0.3, 0.4) is 0 Å². The highest BCUT2D eigenvalue weighted by Crippen LogP contribution is 2.40. The molecule has 90 valence electrons. The SMILES string of the molecule is COc1cc2oc(C(C)=O)cc2c(OC)c1N. The lowest BCUT2D eigenvalue weighted by Crippen LogP contribution is -1.96. The number of carbonyl (C=O) groups excluding carboxylic acids is 1. The van der Waals surface area contributed by atoms with Gasteiger partial charge >= 0.3 is 0 Å². The molecule has 0 aliphatic carbocycles. The van der Waals surface area contributed by atoms with Crippen LogP contribution in [0.15, 0.2) is 16.5 Å². The van der Waals surface area contributed by atoms with Gasteiger partial charge in [-0.05, 0) is 6.07 Å². The van der Waals surface area contributed by atoms with Crippen LogP contribution in [0.2, 0.25) is 0 Å². The zero-order chi connectivity index (χ0) is 12.6. The first kappa shape index (κ1) is 11.3. The highest BCUT2D eigenvalue weighted by molar-refractivity contribution is 6.00. The van der Waals surface area contributed by atoms with Crippen molar-refractivity contribution >= 4 is 22.4 Å². The van der Waals surface area contributed by atoms with Gasteiger partial charge in [-0.1, -0.05) is 0 Å². The van der Waals surface area contributed by atoms with E-state index in [9.17, 15) is 4.79 Å². The van der Waals surface area contributed by atoms with E-state index in [0.717, 1.165) is 0 Å². The van der Waals surface area contributed by atoms with Crippen LogP contribution < -0.4 is 15.2 Å². The maximum Gasteiger partial charge on any atom is 0.194 e. The van der Waals surface area contributed by atoms with Crippen molar-refractivity contribution in [3.8, 4) is 11.5 Å². The van der Waals surface area contributed by atoms with Crippen molar-refractivity contribution in [3.05, 3.63) is 17.9 Å². The standard InChI is InChI=1S/C12H13NO4/c1-6(14)8-4-7-9(17-8)5-10(15-2)11(13)12(7)16-3/h4-5H,13H2,1-3H3. The summed E-state index contributed by atoms with van der Waals surface area (Å²) < 4.78 is 15.7. The third-order valence-electron chi connectivity index (χ3n) is 2.55. The summed E-state index contributed by atoms with van der Waals surface area (Å²) in [6.45, 7) is 1.44. The molecular formula is C12H13NO4. The number of methoxy groups -OCH3 is 2. The Morgan fingerprint density at radius 1 is 1.29 bits per heavy atom. The average Bonchev–Trinajstić information content (AvgIpc) is 2.72. The van der Waals surface area contributed by atoms with Crippen LogP contribution in [0, 0.1) is 0 Å². The number of hydrogen-bond donors (Lipinski definition) is 1. The summed E-state index contributed by atoms with van der Waals surface area (Å²) in [5, 5.41) is 0.663. The molecule has 2 aromatic rings. The van der Waals surface area contributed by atoms with Crippen LogP contribution in [-0.2, 0) is 0 Å². The minimum Gasteiger partial charge on any atom is -0.494 e. The minimum absolute atomic E-state index is 0.152. The molecule has 1 heterocycles. The maximum absolute atomic E-state index is 11.3. The Hall–Kier alpha value is -2.17. The van der Waals surface area contributed by atoms with Crippen molar-refractivity contribution < 1.29 is 18.7 Å². The van der Waals surface area contributed by atoms with Gasteiger partial charge in [0.15, 0.2) is 17.3 Å². The Labute approximate surface area is 98.1 Å². The van der Waals surface area contributed by atoms with Gasteiger partial charge in [-0.2, -0.15) is 0 Å². The van der Waals surface area contributed by atoms with Crippen molar-refractivity contribution in [1.29, 1.82) is 0 Å². The van der Waals surface area contributed by atoms with Gasteiger partial charge in [0.1, 0.15) is 17.0 Å². The number of anilines is 1. The zero-order valence-electron chi connectivity index (χ0n) is 9.87. The lowest BCUT2D eigenvalue weighted by atomic mass is 10.2. The number of ether oxygens (including phenoxy) is 2. The predicted molar refractivity (Wildman–Crippen MR) is 63.7 cm³/mol. The summed E-state index contributed by atoms with van der Waals surface area (Å²) in [6, 6.07) is 3.26. The highest BCUT2D eigenvalue weighted by Gasteiger charge is 2.17. The van der Waals surface area contributed by atoms with E-state index in [4.69, 9.17) is 19.6 Å². The molecule has 0 aliphatic rings. The lowest BCUT2D eigenvalue weighted by molar-refractivity contribution is 0.0989. The molecule has 2 N–H and O–H groups in total. The number of furan rings is 1. The van der Waals surface area contributed by atoms with Crippen LogP contribution in [-0.4, -0.2) is 20.0 Å². The van der Waals surface area contributed by atoms with Crippen molar-refractivity contribution in [1.82, 2.24) is 0 Å². The number of fused-ring (bicyclic) bond motifs is 1. The third kappa shape index (κ3) is 1.69. The number of benzene rings is 1. The van der Waals surface area contributed by atoms with Crippen LogP contribution in [0.1, 0.15) is 17.5 Å². The van der Waals surface area contributed by atoms with Crippen molar-refractivity contribution in [2.75, 3.05) is 20.0 Å². The van der Waals surface area contributed by atoms with E-state index in [2.05, 4.69) is 0 Å². The summed E-state index contributed by atoms with van der Waals surface area (Å²) in [7, 11) is 3.01. The van der Waals surface area contributed by atoms with Gasteiger partial charge in [-0.15, -0.1) is 0 Å². The second-order valence-corrected chi connectivity index (χ2v) is 3.60. The average molecular weight is 235 g/mol. The number of carbonyl (C=O) groups is 1. The number of hydrogen-bond acceptors (Lipinski definition) is 5. The Balaban J connectivity index is 2.78. The normalized spacial score (nSPS) is 10.5.